The van der Waals surface area contributed by atoms with Crippen molar-refractivity contribution in [3.8, 4) is 0 Å². The molecule has 4 bridgehead atoms. The highest BCUT2D eigenvalue weighted by molar-refractivity contribution is 9.10. The number of anilines is 1. The Morgan fingerprint density at radius 2 is 1.91 bits per heavy atom. The number of benzene rings is 1. The maximum absolute atomic E-state index is 13.1. The summed E-state index contributed by atoms with van der Waals surface area (Å²) in [5, 5.41) is 3.23. The first kappa shape index (κ1) is 15.2. The second kappa shape index (κ2) is 5.07. The molecule has 4 aliphatic rings. The number of hydrogen-bond donors (Lipinski definition) is 1. The fourth-order valence-electron chi connectivity index (χ4n) is 5.44. The number of amides is 1. The maximum atomic E-state index is 13.1. The molecule has 1 aromatic carbocycles. The Labute approximate surface area is 148 Å². The van der Waals surface area contributed by atoms with Gasteiger partial charge in [-0.25, -0.2) is 0 Å². The Bertz CT molecular complexity index is 628. The van der Waals surface area contributed by atoms with Crippen LogP contribution in [0, 0.1) is 24.2 Å². The molecule has 5 rings (SSSR count). The van der Waals surface area contributed by atoms with Gasteiger partial charge in [0.2, 0.25) is 5.91 Å². The molecule has 1 N–H and O–H groups in total. The minimum absolute atomic E-state index is 0.146. The van der Waals surface area contributed by atoms with Gasteiger partial charge in [0, 0.05) is 14.5 Å². The highest BCUT2D eigenvalue weighted by Crippen LogP contribution is 2.64. The van der Waals surface area contributed by atoms with E-state index in [0.29, 0.717) is 0 Å². The minimum Gasteiger partial charge on any atom is -0.325 e. The van der Waals surface area contributed by atoms with E-state index in [1.165, 1.54) is 19.3 Å². The van der Waals surface area contributed by atoms with Gasteiger partial charge in [-0.05, 0) is 81.0 Å². The Balaban J connectivity index is 1.60. The van der Waals surface area contributed by atoms with Crippen LogP contribution in [0.15, 0.2) is 22.7 Å². The molecule has 4 aliphatic carbocycles. The summed E-state index contributed by atoms with van der Waals surface area (Å²) in [6.45, 7) is 2.05. The van der Waals surface area contributed by atoms with E-state index in [0.717, 1.165) is 46.8 Å². The zero-order chi connectivity index (χ0) is 15.5. The van der Waals surface area contributed by atoms with Crippen LogP contribution >= 0.6 is 31.9 Å². The second-order valence-corrected chi connectivity index (χ2v) is 10.4. The molecule has 1 amide bonds. The average Bonchev–Trinajstić information content (AvgIpc) is 2.39. The predicted octanol–water partition coefficient (Wildman–Crippen LogP) is 5.43. The van der Waals surface area contributed by atoms with E-state index >= 15 is 0 Å². The summed E-state index contributed by atoms with van der Waals surface area (Å²) >= 11 is 7.47. The Morgan fingerprint density at radius 1 is 1.23 bits per heavy atom. The molecule has 4 heteroatoms. The molecular weight excluding hydrogens is 406 g/mol. The van der Waals surface area contributed by atoms with Crippen molar-refractivity contribution < 1.29 is 4.79 Å². The van der Waals surface area contributed by atoms with Crippen LogP contribution in [0.4, 0.5) is 5.69 Å². The van der Waals surface area contributed by atoms with Gasteiger partial charge in [0.1, 0.15) is 0 Å². The first-order valence-electron chi connectivity index (χ1n) is 8.14. The van der Waals surface area contributed by atoms with Crippen molar-refractivity contribution in [2.45, 2.75) is 49.8 Å². The van der Waals surface area contributed by atoms with Crippen molar-refractivity contribution in [3.63, 3.8) is 0 Å². The van der Waals surface area contributed by atoms with E-state index in [-0.39, 0.29) is 15.6 Å². The summed E-state index contributed by atoms with van der Waals surface area (Å²) in [5.74, 6) is 1.71. The van der Waals surface area contributed by atoms with Crippen molar-refractivity contribution in [1.82, 2.24) is 0 Å². The second-order valence-electron chi connectivity index (χ2n) is 7.81. The van der Waals surface area contributed by atoms with Crippen molar-refractivity contribution in [1.29, 1.82) is 0 Å². The molecule has 0 heterocycles. The summed E-state index contributed by atoms with van der Waals surface area (Å²) in [7, 11) is 0. The molecular formula is C18H21Br2NO. The quantitative estimate of drug-likeness (QED) is 0.627. The minimum atomic E-state index is -0.146. The molecule has 2 nitrogen and oxygen atoms in total. The van der Waals surface area contributed by atoms with Gasteiger partial charge in [-0.15, -0.1) is 0 Å². The van der Waals surface area contributed by atoms with Crippen molar-refractivity contribution >= 4 is 43.5 Å². The summed E-state index contributed by atoms with van der Waals surface area (Å²) < 4.78 is 1.28. The largest absolute Gasteiger partial charge is 0.325 e. The summed E-state index contributed by atoms with van der Waals surface area (Å²) in [4.78, 5) is 13.1. The molecule has 0 aliphatic heterocycles. The van der Waals surface area contributed by atoms with E-state index in [2.05, 4.69) is 43.2 Å². The molecule has 4 saturated carbocycles. The fourth-order valence-corrected chi connectivity index (χ4v) is 7.37. The van der Waals surface area contributed by atoms with Gasteiger partial charge in [-0.1, -0.05) is 31.9 Å². The van der Waals surface area contributed by atoms with Crippen LogP contribution in [0.1, 0.15) is 44.1 Å². The van der Waals surface area contributed by atoms with Crippen molar-refractivity contribution in [3.05, 3.63) is 28.2 Å². The Hall–Kier alpha value is -0.350. The first-order chi connectivity index (χ1) is 10.4. The molecule has 2 atom stereocenters. The van der Waals surface area contributed by atoms with Gasteiger partial charge in [-0.3, -0.25) is 4.79 Å². The lowest BCUT2D eigenvalue weighted by atomic mass is 9.49. The SMILES string of the molecule is Cc1cc(Br)ccc1NC(=O)C12CC3CC(CC(Br)(C3)C1)C2. The van der Waals surface area contributed by atoms with E-state index < -0.39 is 0 Å². The fraction of sp³-hybridized carbons (Fsp3) is 0.611. The zero-order valence-corrected chi connectivity index (χ0v) is 16.0. The number of alkyl halides is 1. The van der Waals surface area contributed by atoms with Crippen LogP contribution in [0.2, 0.25) is 0 Å². The Kier molecular flexibility index (Phi) is 3.50. The molecule has 118 valence electrons. The van der Waals surface area contributed by atoms with Gasteiger partial charge >= 0.3 is 0 Å². The third-order valence-corrected chi connectivity index (χ3v) is 7.33. The predicted molar refractivity (Wildman–Crippen MR) is 96.3 cm³/mol. The molecule has 0 saturated heterocycles. The smallest absolute Gasteiger partial charge is 0.230 e. The average molecular weight is 427 g/mol. The van der Waals surface area contributed by atoms with Crippen LogP contribution in [-0.2, 0) is 4.79 Å². The standard InChI is InChI=1S/C18H21Br2NO/c1-11-4-14(19)2-3-15(11)21-16(22)17-6-12-5-13(7-17)9-18(20,8-12)10-17/h2-4,12-13H,5-10H2,1H3,(H,21,22). The van der Waals surface area contributed by atoms with Crippen molar-refractivity contribution in [2.75, 3.05) is 5.32 Å². The van der Waals surface area contributed by atoms with Crippen LogP contribution in [0.3, 0.4) is 0 Å². The number of carbonyl (C=O) groups is 1. The molecule has 0 radical (unpaired) electrons. The molecule has 2 unspecified atom stereocenters. The highest BCUT2D eigenvalue weighted by atomic mass is 79.9. The van der Waals surface area contributed by atoms with Gasteiger partial charge in [0.25, 0.3) is 0 Å². The van der Waals surface area contributed by atoms with Gasteiger partial charge < -0.3 is 5.32 Å². The monoisotopic (exact) mass is 425 g/mol. The maximum Gasteiger partial charge on any atom is 0.230 e. The van der Waals surface area contributed by atoms with Gasteiger partial charge in [-0.2, -0.15) is 0 Å². The lowest BCUT2D eigenvalue weighted by Crippen LogP contribution is -2.57. The van der Waals surface area contributed by atoms with Crippen molar-refractivity contribution in [2.24, 2.45) is 17.3 Å². The van der Waals surface area contributed by atoms with Crippen LogP contribution in [-0.4, -0.2) is 10.2 Å². The lowest BCUT2D eigenvalue weighted by molar-refractivity contribution is -0.138. The van der Waals surface area contributed by atoms with E-state index in [4.69, 9.17) is 0 Å². The number of nitrogens with one attached hydrogen (secondary N) is 1. The Morgan fingerprint density at radius 3 is 2.50 bits per heavy atom. The summed E-state index contributed by atoms with van der Waals surface area (Å²) in [6, 6.07) is 6.05. The van der Waals surface area contributed by atoms with Crippen LogP contribution in [0.5, 0.6) is 0 Å². The number of aryl methyl sites for hydroxylation is 1. The molecule has 1 aromatic rings. The molecule has 0 aromatic heterocycles. The molecule has 0 spiro atoms. The van der Waals surface area contributed by atoms with E-state index in [1.807, 2.05) is 19.1 Å². The number of rotatable bonds is 2. The number of halogens is 2. The normalized spacial score (nSPS) is 39.0. The molecule has 22 heavy (non-hydrogen) atoms. The van der Waals surface area contributed by atoms with Crippen LogP contribution in [0.25, 0.3) is 0 Å². The highest BCUT2D eigenvalue weighted by Gasteiger charge is 2.59. The third-order valence-electron chi connectivity index (χ3n) is 5.91. The summed E-state index contributed by atoms with van der Waals surface area (Å²) in [5.41, 5.74) is 1.92. The molecule has 4 fully saturated rings. The van der Waals surface area contributed by atoms with Gasteiger partial charge in [0.15, 0.2) is 0 Å². The zero-order valence-electron chi connectivity index (χ0n) is 12.8. The third kappa shape index (κ3) is 2.47. The summed E-state index contributed by atoms with van der Waals surface area (Å²) in [6.07, 6.45) is 7.02. The lowest BCUT2D eigenvalue weighted by Gasteiger charge is -2.59. The van der Waals surface area contributed by atoms with Gasteiger partial charge in [0.05, 0.1) is 5.41 Å². The van der Waals surface area contributed by atoms with E-state index in [1.54, 1.807) is 0 Å². The number of hydrogen-bond acceptors (Lipinski definition) is 1. The van der Waals surface area contributed by atoms with E-state index in [9.17, 15) is 4.79 Å². The van der Waals surface area contributed by atoms with Crippen LogP contribution < -0.4 is 5.32 Å². The topological polar surface area (TPSA) is 29.1 Å². The first-order valence-corrected chi connectivity index (χ1v) is 9.73. The number of carbonyl (C=O) groups excluding carboxylic acids is 1.